The van der Waals surface area contributed by atoms with Gasteiger partial charge in [-0.1, -0.05) is 6.07 Å². The maximum Gasteiger partial charge on any atom is 2.00 e. The summed E-state index contributed by atoms with van der Waals surface area (Å²) in [6.45, 7) is 2.50. The summed E-state index contributed by atoms with van der Waals surface area (Å²) in [4.78, 5) is 27.7. The Hall–Kier alpha value is -1.47. The van der Waals surface area contributed by atoms with Gasteiger partial charge in [-0.05, 0) is 12.1 Å². The number of fused-ring (bicyclic) bond motifs is 2. The molecule has 0 unspecified atom stereocenters. The first-order valence-corrected chi connectivity index (χ1v) is 6.46. The molecule has 117 valence electrons. The zero-order chi connectivity index (χ0) is 14.2. The van der Waals surface area contributed by atoms with E-state index in [0.717, 1.165) is 0 Å². The number of carbonyl (C=O) groups excluding carboxylic acids is 2. The molecule has 0 atom stereocenters. The Kier molecular flexibility index (Phi) is 7.92. The van der Waals surface area contributed by atoms with Crippen molar-refractivity contribution in [3.63, 3.8) is 0 Å². The molecule has 2 N–H and O–H groups in total. The van der Waals surface area contributed by atoms with E-state index in [0.29, 0.717) is 39.5 Å². The average molecular weight is 343 g/mol. The molecule has 7 nitrogen and oxygen atoms in total. The van der Waals surface area contributed by atoms with E-state index < -0.39 is 0 Å². The Morgan fingerprint density at radius 1 is 0.857 bits per heavy atom. The van der Waals surface area contributed by atoms with Crippen LogP contribution in [0.1, 0.15) is 21.0 Å². The molecule has 0 saturated carbocycles. The van der Waals surface area contributed by atoms with Crippen molar-refractivity contribution in [1.29, 1.82) is 0 Å². The van der Waals surface area contributed by atoms with Gasteiger partial charge >= 0.3 is 17.1 Å². The number of nitrogens with zero attached hydrogens (tertiary/aromatic N) is 1. The van der Waals surface area contributed by atoms with E-state index >= 15 is 0 Å². The summed E-state index contributed by atoms with van der Waals surface area (Å²) in [7, 11) is 0. The molecule has 2 bridgehead atoms. The number of carbonyl (C=O) groups is 2. The molecule has 1 aromatic rings. The van der Waals surface area contributed by atoms with E-state index in [-0.39, 0.29) is 40.3 Å². The maximum atomic E-state index is 11.8. The van der Waals surface area contributed by atoms with E-state index in [9.17, 15) is 9.59 Å². The molecule has 2 heterocycles. The Morgan fingerprint density at radius 2 is 1.33 bits per heavy atom. The second-order valence-electron chi connectivity index (χ2n) is 4.14. The molecule has 21 heavy (non-hydrogen) atoms. The normalized spacial score (nSPS) is 17.5. The topological polar surface area (TPSA) is 89.5 Å². The van der Waals surface area contributed by atoms with Gasteiger partial charge in [0.15, 0.2) is 0 Å². The van der Waals surface area contributed by atoms with Gasteiger partial charge < -0.3 is 20.1 Å². The molecule has 0 spiro atoms. The minimum Gasteiger partial charge on any atom is -0.377 e. The molecule has 2 rings (SSSR count). The second kappa shape index (κ2) is 9.46. The van der Waals surface area contributed by atoms with Crippen LogP contribution in [0.25, 0.3) is 0 Å². The Bertz CT molecular complexity index is 445. The summed E-state index contributed by atoms with van der Waals surface area (Å²) in [6, 6.07) is 4.75. The molecule has 1 aliphatic rings. The zero-order valence-electron chi connectivity index (χ0n) is 11.4. The van der Waals surface area contributed by atoms with Crippen LogP contribution >= 0.6 is 0 Å². The van der Waals surface area contributed by atoms with Crippen LogP contribution in [0, 0.1) is 0 Å². The predicted molar refractivity (Wildman–Crippen MR) is 70.5 cm³/mol. The van der Waals surface area contributed by atoms with Crippen LogP contribution in [-0.2, 0) is 26.5 Å². The van der Waals surface area contributed by atoms with Gasteiger partial charge in [-0.3, -0.25) is 9.59 Å². The molecular weight excluding hydrogens is 326 g/mol. The van der Waals surface area contributed by atoms with Gasteiger partial charge in [0.2, 0.25) is 0 Å². The molecule has 8 heteroatoms. The van der Waals surface area contributed by atoms with Gasteiger partial charge in [-0.25, -0.2) is 4.98 Å². The molecular formula is C13H17CuN3O4+2. The van der Waals surface area contributed by atoms with Crippen LogP contribution < -0.4 is 10.6 Å². The first-order chi connectivity index (χ1) is 9.77. The molecule has 0 aromatic carbocycles. The summed E-state index contributed by atoms with van der Waals surface area (Å²) in [6.07, 6.45) is 0. The Labute approximate surface area is 133 Å². The van der Waals surface area contributed by atoms with Crippen LogP contribution in [0.15, 0.2) is 18.2 Å². The average Bonchev–Trinajstić information content (AvgIpc) is 2.48. The van der Waals surface area contributed by atoms with E-state index in [2.05, 4.69) is 15.6 Å². The van der Waals surface area contributed by atoms with Crippen LogP contribution in [0.4, 0.5) is 0 Å². The number of ether oxygens (including phenoxy) is 2. The minimum atomic E-state index is -0.325. The number of nitrogens with one attached hydrogen (secondary N) is 2. The molecule has 2 amide bonds. The monoisotopic (exact) mass is 342 g/mol. The summed E-state index contributed by atoms with van der Waals surface area (Å²) in [5.74, 6) is -0.649. The van der Waals surface area contributed by atoms with E-state index in [1.54, 1.807) is 18.2 Å². The molecule has 0 fully saturated rings. The fourth-order valence-electron chi connectivity index (χ4n) is 1.66. The Balaban J connectivity index is 0.00000220. The van der Waals surface area contributed by atoms with Gasteiger partial charge in [0, 0.05) is 13.1 Å². The van der Waals surface area contributed by atoms with E-state index in [4.69, 9.17) is 9.47 Å². The summed E-state index contributed by atoms with van der Waals surface area (Å²) >= 11 is 0. The zero-order valence-corrected chi connectivity index (χ0v) is 12.3. The van der Waals surface area contributed by atoms with Gasteiger partial charge in [0.25, 0.3) is 11.8 Å². The third kappa shape index (κ3) is 5.81. The number of amides is 2. The van der Waals surface area contributed by atoms with Crippen molar-refractivity contribution in [2.24, 2.45) is 0 Å². The van der Waals surface area contributed by atoms with E-state index in [1.165, 1.54) is 0 Å². The largest absolute Gasteiger partial charge is 2.00 e. The molecule has 1 radical (unpaired) electrons. The number of pyridine rings is 1. The van der Waals surface area contributed by atoms with Crippen LogP contribution in [0.3, 0.4) is 0 Å². The fourth-order valence-corrected chi connectivity index (χ4v) is 1.66. The number of hydrogen-bond acceptors (Lipinski definition) is 5. The van der Waals surface area contributed by atoms with Crippen molar-refractivity contribution in [3.05, 3.63) is 29.6 Å². The number of rotatable bonds is 0. The van der Waals surface area contributed by atoms with Crippen LogP contribution in [0.2, 0.25) is 0 Å². The number of hydrogen-bond donors (Lipinski definition) is 2. The molecule has 0 aliphatic carbocycles. The van der Waals surface area contributed by atoms with Crippen molar-refractivity contribution in [1.82, 2.24) is 15.6 Å². The summed E-state index contributed by atoms with van der Waals surface area (Å²) in [5.41, 5.74) is 0.424. The van der Waals surface area contributed by atoms with Crippen molar-refractivity contribution in [2.45, 2.75) is 0 Å². The van der Waals surface area contributed by atoms with Crippen molar-refractivity contribution in [2.75, 3.05) is 39.5 Å². The SMILES string of the molecule is O=C1NCCOCCOCCNC(=O)c2cccc1n2.[Cu+2]. The standard InChI is InChI=1S/C13H17N3O4.Cu/c17-12-10-2-1-3-11(16-10)13(18)15-5-7-20-9-8-19-6-4-14-12;/h1-3H,4-9H2,(H,14,17)(H,15,18);/q;+2. The third-order valence-electron chi connectivity index (χ3n) is 2.65. The van der Waals surface area contributed by atoms with Gasteiger partial charge in [-0.15, -0.1) is 0 Å². The number of aromatic nitrogens is 1. The summed E-state index contributed by atoms with van der Waals surface area (Å²) < 4.78 is 10.6. The predicted octanol–water partition coefficient (Wildman–Crippen LogP) is -0.414. The quantitative estimate of drug-likeness (QED) is 0.625. The molecule has 0 saturated heterocycles. The first kappa shape index (κ1) is 17.6. The van der Waals surface area contributed by atoms with Gasteiger partial charge in [-0.2, -0.15) is 0 Å². The van der Waals surface area contributed by atoms with Gasteiger partial charge in [0.1, 0.15) is 11.4 Å². The van der Waals surface area contributed by atoms with Crippen molar-refractivity contribution in [3.8, 4) is 0 Å². The Morgan fingerprint density at radius 3 is 1.81 bits per heavy atom. The minimum absolute atomic E-state index is 0. The second-order valence-corrected chi connectivity index (χ2v) is 4.14. The van der Waals surface area contributed by atoms with Crippen molar-refractivity contribution >= 4 is 11.8 Å². The first-order valence-electron chi connectivity index (χ1n) is 6.46. The summed E-state index contributed by atoms with van der Waals surface area (Å²) in [5, 5.41) is 5.35. The van der Waals surface area contributed by atoms with E-state index in [1.807, 2.05) is 0 Å². The maximum absolute atomic E-state index is 11.8. The fraction of sp³-hybridized carbons (Fsp3) is 0.462. The van der Waals surface area contributed by atoms with Crippen molar-refractivity contribution < 1.29 is 36.1 Å². The van der Waals surface area contributed by atoms with Crippen LogP contribution in [-0.4, -0.2) is 56.3 Å². The van der Waals surface area contributed by atoms with Gasteiger partial charge in [0.05, 0.1) is 26.4 Å². The van der Waals surface area contributed by atoms with Crippen LogP contribution in [0.5, 0.6) is 0 Å². The molecule has 1 aliphatic heterocycles. The molecule has 1 aromatic heterocycles. The third-order valence-corrected chi connectivity index (χ3v) is 2.65. The smallest absolute Gasteiger partial charge is 0.377 e.